The van der Waals surface area contributed by atoms with E-state index in [4.69, 9.17) is 11.6 Å². The molecule has 5 rings (SSSR count). The maximum atomic E-state index is 13.2. The predicted octanol–water partition coefficient (Wildman–Crippen LogP) is 4.27. The van der Waals surface area contributed by atoms with E-state index in [2.05, 4.69) is 10.3 Å². The molecule has 2 fully saturated rings. The molecule has 2 aromatic rings. The number of hydrogen-bond acceptors (Lipinski definition) is 5. The largest absolute Gasteiger partial charge is 0.336 e. The zero-order chi connectivity index (χ0) is 23.2. The average molecular weight is 489 g/mol. The van der Waals surface area contributed by atoms with Gasteiger partial charge in [0, 0.05) is 23.8 Å². The van der Waals surface area contributed by atoms with Crippen LogP contribution in [0.5, 0.6) is 0 Å². The van der Waals surface area contributed by atoms with Crippen molar-refractivity contribution in [2.45, 2.75) is 56.0 Å². The molecule has 2 unspecified atom stereocenters. The molecule has 33 heavy (non-hydrogen) atoms. The minimum Gasteiger partial charge on any atom is -0.335 e. The normalized spacial score (nSPS) is 24.0. The summed E-state index contributed by atoms with van der Waals surface area (Å²) in [6.07, 6.45) is 8.31. The Balaban J connectivity index is 1.34. The molecular formula is C23H25ClN4O4S. The van der Waals surface area contributed by atoms with E-state index >= 15 is 0 Å². The van der Waals surface area contributed by atoms with Crippen molar-refractivity contribution < 1.29 is 18.0 Å². The van der Waals surface area contributed by atoms with Gasteiger partial charge in [0.05, 0.1) is 23.5 Å². The van der Waals surface area contributed by atoms with Gasteiger partial charge in [0.25, 0.3) is 15.9 Å². The minimum atomic E-state index is -4.09. The quantitative estimate of drug-likeness (QED) is 0.695. The maximum Gasteiger partial charge on any atom is 0.336 e. The SMILES string of the molecule is O=C(c1ccc(CN2C(=O)Nc3ccc(Cl)cc3S2(=O)=O)nc1)N1CCCC2CCCCC21. The predicted molar refractivity (Wildman–Crippen MR) is 123 cm³/mol. The van der Waals surface area contributed by atoms with E-state index < -0.39 is 16.1 Å². The highest BCUT2D eigenvalue weighted by atomic mass is 35.5. The summed E-state index contributed by atoms with van der Waals surface area (Å²) in [5, 5.41) is 2.83. The number of pyridine rings is 1. The number of anilines is 1. The first-order valence-corrected chi connectivity index (χ1v) is 13.1. The Morgan fingerprint density at radius 3 is 2.70 bits per heavy atom. The summed E-state index contributed by atoms with van der Waals surface area (Å²) in [4.78, 5) is 31.9. The van der Waals surface area contributed by atoms with Gasteiger partial charge in [0.1, 0.15) is 4.90 Å². The van der Waals surface area contributed by atoms with Crippen LogP contribution in [0.3, 0.4) is 0 Å². The number of rotatable bonds is 3. The monoisotopic (exact) mass is 488 g/mol. The number of urea groups is 1. The van der Waals surface area contributed by atoms with Gasteiger partial charge in [0.15, 0.2) is 0 Å². The molecule has 2 atom stereocenters. The first-order valence-electron chi connectivity index (χ1n) is 11.2. The molecular weight excluding hydrogens is 464 g/mol. The maximum absolute atomic E-state index is 13.2. The zero-order valence-electron chi connectivity index (χ0n) is 18.0. The van der Waals surface area contributed by atoms with Crippen LogP contribution in [-0.2, 0) is 16.6 Å². The number of piperidine rings is 1. The van der Waals surface area contributed by atoms with Crippen molar-refractivity contribution in [1.29, 1.82) is 0 Å². The average Bonchev–Trinajstić information content (AvgIpc) is 2.82. The van der Waals surface area contributed by atoms with Crippen LogP contribution in [-0.4, -0.2) is 47.1 Å². The molecule has 2 aliphatic heterocycles. The highest BCUT2D eigenvalue weighted by Gasteiger charge is 2.38. The number of halogens is 1. The number of benzene rings is 1. The molecule has 174 valence electrons. The van der Waals surface area contributed by atoms with Crippen LogP contribution < -0.4 is 5.32 Å². The first kappa shape index (κ1) is 22.2. The molecule has 0 radical (unpaired) electrons. The first-order chi connectivity index (χ1) is 15.8. The molecule has 3 amide bonds. The van der Waals surface area contributed by atoms with E-state index in [0.29, 0.717) is 23.2 Å². The number of nitrogens with zero attached hydrogens (tertiary/aromatic N) is 3. The summed E-state index contributed by atoms with van der Waals surface area (Å²) in [6, 6.07) is 7.09. The lowest BCUT2D eigenvalue weighted by Crippen LogP contribution is -2.49. The van der Waals surface area contributed by atoms with Crippen molar-refractivity contribution in [3.8, 4) is 0 Å². The Morgan fingerprint density at radius 1 is 1.12 bits per heavy atom. The van der Waals surface area contributed by atoms with E-state index in [9.17, 15) is 18.0 Å². The third-order valence-electron chi connectivity index (χ3n) is 6.86. The fourth-order valence-electron chi connectivity index (χ4n) is 5.21. The van der Waals surface area contributed by atoms with Gasteiger partial charge in [-0.15, -0.1) is 0 Å². The van der Waals surface area contributed by atoms with Crippen molar-refractivity contribution in [1.82, 2.24) is 14.2 Å². The molecule has 1 aliphatic carbocycles. The lowest BCUT2D eigenvalue weighted by Gasteiger charge is -2.44. The number of nitrogens with one attached hydrogen (secondary N) is 1. The van der Waals surface area contributed by atoms with E-state index in [0.717, 1.165) is 30.1 Å². The van der Waals surface area contributed by atoms with Crippen LogP contribution in [0.25, 0.3) is 0 Å². The highest BCUT2D eigenvalue weighted by molar-refractivity contribution is 7.90. The van der Waals surface area contributed by atoms with Crippen LogP contribution in [0, 0.1) is 5.92 Å². The standard InChI is InChI=1S/C23H25ClN4O4S/c24-17-8-10-19-21(12-17)33(31,32)28(23(30)26-19)14-18-9-7-16(13-25-18)22(29)27-11-3-5-15-4-1-2-6-20(15)27/h7-10,12-13,15,20H,1-6,11,14H2,(H,26,30). The number of sulfonamides is 1. The lowest BCUT2D eigenvalue weighted by molar-refractivity contribution is 0.0390. The van der Waals surface area contributed by atoms with Gasteiger partial charge >= 0.3 is 6.03 Å². The number of likely N-dealkylation sites (tertiary alicyclic amines) is 1. The van der Waals surface area contributed by atoms with E-state index in [1.165, 1.54) is 43.7 Å². The van der Waals surface area contributed by atoms with E-state index in [1.807, 2.05) is 4.90 Å². The molecule has 0 spiro atoms. The van der Waals surface area contributed by atoms with Crippen LogP contribution in [0.1, 0.15) is 54.6 Å². The summed E-state index contributed by atoms with van der Waals surface area (Å²) in [5.74, 6) is 0.556. The third-order valence-corrected chi connectivity index (χ3v) is 8.87. The van der Waals surface area contributed by atoms with Gasteiger partial charge in [-0.25, -0.2) is 17.5 Å². The molecule has 1 saturated heterocycles. The second-order valence-electron chi connectivity index (χ2n) is 8.87. The van der Waals surface area contributed by atoms with Gasteiger partial charge in [0.2, 0.25) is 0 Å². The number of carbonyl (C=O) groups excluding carboxylic acids is 2. The van der Waals surface area contributed by atoms with E-state index in [-0.39, 0.29) is 28.1 Å². The smallest absolute Gasteiger partial charge is 0.335 e. The number of carbonyl (C=O) groups is 2. The van der Waals surface area contributed by atoms with Crippen molar-refractivity contribution in [2.24, 2.45) is 5.92 Å². The zero-order valence-corrected chi connectivity index (χ0v) is 19.6. The Bertz CT molecular complexity index is 1200. The second-order valence-corrected chi connectivity index (χ2v) is 11.1. The van der Waals surface area contributed by atoms with Crippen molar-refractivity contribution >= 4 is 39.2 Å². The number of aromatic nitrogens is 1. The Kier molecular flexibility index (Phi) is 5.78. The highest BCUT2D eigenvalue weighted by Crippen LogP contribution is 2.36. The Hall–Kier alpha value is -2.65. The van der Waals surface area contributed by atoms with Gasteiger partial charge in [-0.2, -0.15) is 0 Å². The fourth-order valence-corrected chi connectivity index (χ4v) is 6.92. The van der Waals surface area contributed by atoms with Crippen LogP contribution in [0.15, 0.2) is 41.4 Å². The van der Waals surface area contributed by atoms with Crippen LogP contribution in [0.4, 0.5) is 10.5 Å². The summed E-state index contributed by atoms with van der Waals surface area (Å²) in [7, 11) is -4.09. The van der Waals surface area contributed by atoms with Gasteiger partial charge in [-0.3, -0.25) is 9.78 Å². The summed E-state index contributed by atoms with van der Waals surface area (Å²) < 4.78 is 26.7. The molecule has 1 aromatic heterocycles. The molecule has 1 aromatic carbocycles. The molecule has 1 N–H and O–H groups in total. The van der Waals surface area contributed by atoms with Gasteiger partial charge in [-0.05, 0) is 61.9 Å². The van der Waals surface area contributed by atoms with Crippen molar-refractivity contribution in [3.05, 3.63) is 52.8 Å². The summed E-state index contributed by atoms with van der Waals surface area (Å²) in [5.41, 5.74) is 1.04. The molecule has 10 heteroatoms. The number of hydrogen-bond donors (Lipinski definition) is 1. The van der Waals surface area contributed by atoms with E-state index in [1.54, 1.807) is 12.1 Å². The van der Waals surface area contributed by atoms with Crippen molar-refractivity contribution in [3.63, 3.8) is 0 Å². The topological polar surface area (TPSA) is 99.7 Å². The van der Waals surface area contributed by atoms with Crippen molar-refractivity contribution in [2.75, 3.05) is 11.9 Å². The number of fused-ring (bicyclic) bond motifs is 2. The molecule has 3 aliphatic rings. The van der Waals surface area contributed by atoms with Gasteiger partial charge < -0.3 is 10.2 Å². The number of amides is 3. The Labute approximate surface area is 198 Å². The lowest BCUT2D eigenvalue weighted by atomic mass is 9.78. The minimum absolute atomic E-state index is 0.0300. The van der Waals surface area contributed by atoms with Crippen LogP contribution >= 0.6 is 11.6 Å². The third kappa shape index (κ3) is 4.08. The summed E-state index contributed by atoms with van der Waals surface area (Å²) >= 11 is 5.96. The second kappa shape index (κ2) is 8.61. The fraction of sp³-hybridized carbons (Fsp3) is 0.435. The van der Waals surface area contributed by atoms with Crippen LogP contribution in [0.2, 0.25) is 5.02 Å². The van der Waals surface area contributed by atoms with Gasteiger partial charge in [-0.1, -0.05) is 24.4 Å². The molecule has 1 saturated carbocycles. The molecule has 3 heterocycles. The Morgan fingerprint density at radius 2 is 1.91 bits per heavy atom. The molecule has 0 bridgehead atoms. The summed E-state index contributed by atoms with van der Waals surface area (Å²) in [6.45, 7) is 0.513. The molecule has 8 nitrogen and oxygen atoms in total.